The van der Waals surface area contributed by atoms with Crippen molar-refractivity contribution in [3.63, 3.8) is 0 Å². The summed E-state index contributed by atoms with van der Waals surface area (Å²) in [5.74, 6) is -0.635. The number of aryl methyl sites for hydroxylation is 1. The van der Waals surface area contributed by atoms with E-state index in [1.807, 2.05) is 6.92 Å². The van der Waals surface area contributed by atoms with Crippen molar-refractivity contribution >= 4 is 23.3 Å². The van der Waals surface area contributed by atoms with E-state index >= 15 is 0 Å². The summed E-state index contributed by atoms with van der Waals surface area (Å²) in [6.45, 7) is 21.9. The number of ether oxygens (including phenoxy) is 1. The first-order valence-electron chi connectivity index (χ1n) is 9.69. The van der Waals surface area contributed by atoms with E-state index in [2.05, 4.69) is 30.9 Å². The van der Waals surface area contributed by atoms with Gasteiger partial charge in [-0.3, -0.25) is 4.79 Å². The molecule has 0 heterocycles. The lowest BCUT2D eigenvalue weighted by Crippen LogP contribution is -2.59. The number of nitrogens with zero attached hydrogens (tertiary/aromatic N) is 2. The first-order chi connectivity index (χ1) is 12.8. The van der Waals surface area contributed by atoms with Crippen LogP contribution in [0.15, 0.2) is 12.1 Å². The SMILES string of the molecule is [C-]#[N+]c1cc(C)c(NC(=O)C(CC)[N+](CC)(CC)CC)c(C(=O)OCC)c1. The smallest absolute Gasteiger partial charge is 0.338 e. The molecule has 0 saturated carbocycles. The number of quaternary nitrogens is 1. The average Bonchev–Trinajstić information content (AvgIpc) is 2.67. The third-order valence-electron chi connectivity index (χ3n) is 5.43. The summed E-state index contributed by atoms with van der Waals surface area (Å²) in [7, 11) is 0. The Morgan fingerprint density at radius 3 is 2.19 bits per heavy atom. The second-order valence-corrected chi connectivity index (χ2v) is 6.60. The molecule has 0 saturated heterocycles. The minimum atomic E-state index is -0.531. The van der Waals surface area contributed by atoms with Gasteiger partial charge >= 0.3 is 5.97 Å². The fourth-order valence-corrected chi connectivity index (χ4v) is 3.73. The molecule has 148 valence electrons. The van der Waals surface area contributed by atoms with E-state index in [4.69, 9.17) is 11.3 Å². The van der Waals surface area contributed by atoms with Crippen molar-refractivity contribution in [2.75, 3.05) is 31.6 Å². The summed E-state index contributed by atoms with van der Waals surface area (Å²) in [6.07, 6.45) is 0.704. The summed E-state index contributed by atoms with van der Waals surface area (Å²) in [5, 5.41) is 2.97. The number of amides is 1. The van der Waals surface area contributed by atoms with Crippen molar-refractivity contribution in [2.24, 2.45) is 0 Å². The predicted octanol–water partition coefficient (Wildman–Crippen LogP) is 4.32. The lowest BCUT2D eigenvalue weighted by Gasteiger charge is -2.41. The van der Waals surface area contributed by atoms with Crippen LogP contribution in [-0.2, 0) is 9.53 Å². The molecular formula is C21H32N3O3+. The molecule has 0 aliphatic rings. The molecule has 1 N–H and O–H groups in total. The van der Waals surface area contributed by atoms with Crippen LogP contribution >= 0.6 is 0 Å². The van der Waals surface area contributed by atoms with Crippen LogP contribution in [0.1, 0.15) is 57.0 Å². The molecule has 0 aliphatic heterocycles. The van der Waals surface area contributed by atoms with Gasteiger partial charge in [0.05, 0.1) is 44.1 Å². The van der Waals surface area contributed by atoms with Crippen LogP contribution in [0.25, 0.3) is 4.85 Å². The van der Waals surface area contributed by atoms with Gasteiger partial charge in [0.1, 0.15) is 0 Å². The first-order valence-corrected chi connectivity index (χ1v) is 9.69. The van der Waals surface area contributed by atoms with Gasteiger partial charge in [-0.1, -0.05) is 13.0 Å². The molecule has 1 aromatic carbocycles. The minimum Gasteiger partial charge on any atom is -0.462 e. The van der Waals surface area contributed by atoms with Gasteiger partial charge in [0.15, 0.2) is 11.7 Å². The van der Waals surface area contributed by atoms with Crippen molar-refractivity contribution < 1.29 is 18.8 Å². The van der Waals surface area contributed by atoms with Crippen LogP contribution in [0, 0.1) is 13.5 Å². The molecule has 1 rings (SSSR count). The predicted molar refractivity (Wildman–Crippen MR) is 108 cm³/mol. The van der Waals surface area contributed by atoms with Gasteiger partial charge in [0.2, 0.25) is 0 Å². The van der Waals surface area contributed by atoms with E-state index in [0.717, 1.165) is 19.6 Å². The van der Waals surface area contributed by atoms with Crippen molar-refractivity contribution in [1.82, 2.24) is 0 Å². The lowest BCUT2D eigenvalue weighted by molar-refractivity contribution is -0.938. The molecule has 1 amide bonds. The number of nitrogens with one attached hydrogen (secondary N) is 1. The Balaban J connectivity index is 3.35. The van der Waals surface area contributed by atoms with Crippen molar-refractivity contribution in [3.8, 4) is 0 Å². The summed E-state index contributed by atoms with van der Waals surface area (Å²) >= 11 is 0. The molecule has 0 aliphatic carbocycles. The fraction of sp³-hybridized carbons (Fsp3) is 0.571. The molecule has 1 aromatic rings. The minimum absolute atomic E-state index is 0.104. The molecule has 0 bridgehead atoms. The highest BCUT2D eigenvalue weighted by Crippen LogP contribution is 2.29. The lowest BCUT2D eigenvalue weighted by atomic mass is 10.0. The van der Waals surface area contributed by atoms with Gasteiger partial charge in [-0.15, -0.1) is 0 Å². The number of carbonyl (C=O) groups excluding carboxylic acids is 2. The van der Waals surface area contributed by atoms with Gasteiger partial charge < -0.3 is 14.5 Å². The molecule has 6 heteroatoms. The standard InChI is InChI=1S/C21H31N3O3/c1-8-18(24(9-2,10-3)11-4)20(25)23-19-15(6)13-16(22-7)14-17(19)21(26)27-12-5/h13-14,18H,8-12H2,1-6H3/p+1. The molecule has 0 radical (unpaired) electrons. The molecule has 0 spiro atoms. The van der Waals surface area contributed by atoms with Crippen LogP contribution in [0.4, 0.5) is 11.4 Å². The van der Waals surface area contributed by atoms with Gasteiger partial charge in [0.25, 0.3) is 5.91 Å². The zero-order valence-corrected chi connectivity index (χ0v) is 17.4. The zero-order chi connectivity index (χ0) is 20.6. The van der Waals surface area contributed by atoms with Crippen molar-refractivity contribution in [1.29, 1.82) is 0 Å². The highest BCUT2D eigenvalue weighted by Gasteiger charge is 2.37. The van der Waals surface area contributed by atoms with Crippen molar-refractivity contribution in [3.05, 3.63) is 34.7 Å². The van der Waals surface area contributed by atoms with E-state index in [-0.39, 0.29) is 24.1 Å². The molecule has 0 aromatic heterocycles. The number of likely N-dealkylation sites (N-methyl/N-ethyl adjacent to an activating group) is 1. The number of anilines is 1. The Hall–Kier alpha value is -2.39. The second kappa shape index (κ2) is 10.1. The van der Waals surface area contributed by atoms with Gasteiger partial charge in [-0.05, 0) is 46.2 Å². The Labute approximate surface area is 162 Å². The normalized spacial score (nSPS) is 12.2. The number of hydrogen-bond acceptors (Lipinski definition) is 3. The first kappa shape index (κ1) is 22.7. The van der Waals surface area contributed by atoms with Crippen molar-refractivity contribution in [2.45, 2.75) is 54.0 Å². The zero-order valence-electron chi connectivity index (χ0n) is 17.4. The Kier molecular flexibility index (Phi) is 8.45. The van der Waals surface area contributed by atoms with Crippen LogP contribution in [-0.4, -0.2) is 48.6 Å². The number of hydrogen-bond donors (Lipinski definition) is 1. The summed E-state index contributed by atoms with van der Waals surface area (Å²) in [4.78, 5) is 29.0. The Morgan fingerprint density at radius 1 is 1.15 bits per heavy atom. The van der Waals surface area contributed by atoms with Crippen LogP contribution in [0.3, 0.4) is 0 Å². The highest BCUT2D eigenvalue weighted by molar-refractivity contribution is 6.04. The number of esters is 1. The third-order valence-corrected chi connectivity index (χ3v) is 5.43. The van der Waals surface area contributed by atoms with Crippen LogP contribution < -0.4 is 5.32 Å². The fourth-order valence-electron chi connectivity index (χ4n) is 3.73. The topological polar surface area (TPSA) is 59.8 Å². The molecule has 27 heavy (non-hydrogen) atoms. The van der Waals surface area contributed by atoms with Gasteiger partial charge in [-0.25, -0.2) is 9.64 Å². The summed E-state index contributed by atoms with van der Waals surface area (Å²) < 4.78 is 5.82. The summed E-state index contributed by atoms with van der Waals surface area (Å²) in [6, 6.07) is 2.95. The maximum Gasteiger partial charge on any atom is 0.338 e. The number of carbonyl (C=O) groups is 2. The van der Waals surface area contributed by atoms with Crippen LogP contribution in [0.2, 0.25) is 0 Å². The molecule has 0 fully saturated rings. The average molecular weight is 375 g/mol. The van der Waals surface area contributed by atoms with E-state index in [1.165, 1.54) is 6.07 Å². The van der Waals surface area contributed by atoms with E-state index in [0.29, 0.717) is 27.8 Å². The largest absolute Gasteiger partial charge is 0.462 e. The molecule has 1 atom stereocenters. The highest BCUT2D eigenvalue weighted by atomic mass is 16.5. The monoisotopic (exact) mass is 374 g/mol. The summed E-state index contributed by atoms with van der Waals surface area (Å²) in [5.41, 5.74) is 1.69. The second-order valence-electron chi connectivity index (χ2n) is 6.60. The maximum atomic E-state index is 13.2. The molecule has 1 unspecified atom stereocenters. The van der Waals surface area contributed by atoms with Gasteiger partial charge in [-0.2, -0.15) is 0 Å². The van der Waals surface area contributed by atoms with E-state index in [1.54, 1.807) is 19.9 Å². The quantitative estimate of drug-likeness (QED) is 0.398. The Bertz CT molecular complexity index is 710. The molecule has 6 nitrogen and oxygen atoms in total. The van der Waals surface area contributed by atoms with Gasteiger partial charge in [0, 0.05) is 6.42 Å². The number of benzene rings is 1. The number of rotatable bonds is 9. The van der Waals surface area contributed by atoms with E-state index in [9.17, 15) is 9.59 Å². The third kappa shape index (κ3) is 4.86. The maximum absolute atomic E-state index is 13.2. The van der Waals surface area contributed by atoms with E-state index < -0.39 is 5.97 Å². The Morgan fingerprint density at radius 2 is 1.74 bits per heavy atom. The van der Waals surface area contributed by atoms with Crippen LogP contribution in [0.5, 0.6) is 0 Å². The molecular weight excluding hydrogens is 342 g/mol.